The summed E-state index contributed by atoms with van der Waals surface area (Å²) in [7, 11) is -1.29. The second-order valence-electron chi connectivity index (χ2n) is 5.92. The smallest absolute Gasteiger partial charge is 0.166 e. The number of hydrogen-bond acceptors (Lipinski definition) is 0. The molecule has 0 saturated carbocycles. The second kappa shape index (κ2) is 7.01. The standard InChI is InChI=1S/C21H18F3P/c1-15-9-3-6-12-18(15)25(19-13-7-4-10-16(19)2)20-14-8-5-11-17(20)21(22,23)24/h3-14H,1-2H3. The minimum atomic E-state index is -4.37. The van der Waals surface area contributed by atoms with Crippen molar-refractivity contribution in [2.75, 3.05) is 0 Å². The van der Waals surface area contributed by atoms with Gasteiger partial charge >= 0.3 is 6.18 Å². The van der Waals surface area contributed by atoms with Gasteiger partial charge in [-0.1, -0.05) is 66.7 Å². The fourth-order valence-electron chi connectivity index (χ4n) is 2.93. The van der Waals surface area contributed by atoms with Gasteiger partial charge in [-0.15, -0.1) is 0 Å². The fourth-order valence-corrected chi connectivity index (χ4v) is 5.71. The Labute approximate surface area is 147 Å². The van der Waals surface area contributed by atoms with Crippen LogP contribution >= 0.6 is 7.92 Å². The van der Waals surface area contributed by atoms with Gasteiger partial charge in [0.15, 0.2) is 0 Å². The third-order valence-electron chi connectivity index (χ3n) is 4.16. The maximum Gasteiger partial charge on any atom is 0.417 e. The number of hydrogen-bond donors (Lipinski definition) is 0. The van der Waals surface area contributed by atoms with Crippen molar-refractivity contribution < 1.29 is 13.2 Å². The number of alkyl halides is 3. The van der Waals surface area contributed by atoms with E-state index in [9.17, 15) is 13.2 Å². The summed E-state index contributed by atoms with van der Waals surface area (Å²) < 4.78 is 41.0. The van der Waals surface area contributed by atoms with Crippen LogP contribution in [0.25, 0.3) is 0 Å². The van der Waals surface area contributed by atoms with Crippen molar-refractivity contribution in [3.05, 3.63) is 89.5 Å². The van der Waals surface area contributed by atoms with Crippen LogP contribution in [0.3, 0.4) is 0 Å². The molecule has 0 aliphatic rings. The lowest BCUT2D eigenvalue weighted by Gasteiger charge is -2.25. The Hall–Kier alpha value is -2.12. The largest absolute Gasteiger partial charge is 0.417 e. The van der Waals surface area contributed by atoms with E-state index in [2.05, 4.69) is 0 Å². The summed E-state index contributed by atoms with van der Waals surface area (Å²) in [5, 5.41) is 2.28. The summed E-state index contributed by atoms with van der Waals surface area (Å²) in [4.78, 5) is 0. The van der Waals surface area contributed by atoms with Crippen LogP contribution in [0.4, 0.5) is 13.2 Å². The molecule has 0 N–H and O–H groups in total. The Balaban J connectivity index is 2.31. The maximum absolute atomic E-state index is 13.7. The highest BCUT2D eigenvalue weighted by atomic mass is 31.1. The molecule has 3 aromatic rings. The third kappa shape index (κ3) is 3.62. The molecular formula is C21H18F3P. The van der Waals surface area contributed by atoms with Crippen LogP contribution < -0.4 is 15.9 Å². The molecule has 0 aromatic heterocycles. The fraction of sp³-hybridized carbons (Fsp3) is 0.143. The monoisotopic (exact) mass is 358 g/mol. The normalized spacial score (nSPS) is 11.8. The lowest BCUT2D eigenvalue weighted by Crippen LogP contribution is -2.28. The summed E-state index contributed by atoms with van der Waals surface area (Å²) >= 11 is 0. The number of benzene rings is 3. The molecule has 0 aliphatic heterocycles. The molecule has 128 valence electrons. The molecule has 0 fully saturated rings. The molecule has 0 saturated heterocycles. The van der Waals surface area contributed by atoms with Crippen molar-refractivity contribution in [2.45, 2.75) is 20.0 Å². The van der Waals surface area contributed by atoms with Crippen molar-refractivity contribution >= 4 is 23.8 Å². The zero-order valence-electron chi connectivity index (χ0n) is 14.0. The first-order valence-electron chi connectivity index (χ1n) is 7.97. The van der Waals surface area contributed by atoms with Gasteiger partial charge in [-0.25, -0.2) is 0 Å². The van der Waals surface area contributed by atoms with Gasteiger partial charge in [-0.3, -0.25) is 0 Å². The molecule has 0 unspecified atom stereocenters. The summed E-state index contributed by atoms with van der Waals surface area (Å²) in [5.41, 5.74) is 1.47. The first-order valence-corrected chi connectivity index (χ1v) is 9.31. The van der Waals surface area contributed by atoms with E-state index in [0.717, 1.165) is 21.7 Å². The number of aryl methyl sites for hydroxylation is 2. The van der Waals surface area contributed by atoms with E-state index in [0.29, 0.717) is 5.30 Å². The summed E-state index contributed by atoms with van der Waals surface area (Å²) in [6, 6.07) is 21.4. The minimum Gasteiger partial charge on any atom is -0.166 e. The predicted octanol–water partition coefficient (Wildman–Crippen LogP) is 5.08. The maximum atomic E-state index is 13.7. The van der Waals surface area contributed by atoms with Crippen LogP contribution in [0.2, 0.25) is 0 Å². The molecule has 3 rings (SSSR count). The van der Waals surface area contributed by atoms with Crippen LogP contribution in [-0.2, 0) is 6.18 Å². The van der Waals surface area contributed by atoms with Crippen LogP contribution in [0.5, 0.6) is 0 Å². The first-order chi connectivity index (χ1) is 11.9. The highest BCUT2D eigenvalue weighted by molar-refractivity contribution is 7.80. The molecule has 0 amide bonds. The van der Waals surface area contributed by atoms with E-state index < -0.39 is 19.7 Å². The van der Waals surface area contributed by atoms with Gasteiger partial charge in [0.2, 0.25) is 0 Å². The molecule has 4 heteroatoms. The van der Waals surface area contributed by atoms with Gasteiger partial charge in [0.1, 0.15) is 0 Å². The molecule has 0 atom stereocenters. The topological polar surface area (TPSA) is 0 Å². The van der Waals surface area contributed by atoms with Crippen LogP contribution in [0.1, 0.15) is 16.7 Å². The van der Waals surface area contributed by atoms with Crippen molar-refractivity contribution in [1.82, 2.24) is 0 Å². The SMILES string of the molecule is Cc1ccccc1P(c1ccccc1C)c1ccccc1C(F)(F)F. The lowest BCUT2D eigenvalue weighted by atomic mass is 10.2. The zero-order valence-corrected chi connectivity index (χ0v) is 14.9. The summed E-state index contributed by atoms with van der Waals surface area (Å²) in [6.45, 7) is 3.91. The second-order valence-corrected chi connectivity index (χ2v) is 8.04. The van der Waals surface area contributed by atoms with Gasteiger partial charge in [0.25, 0.3) is 0 Å². The Morgan fingerprint density at radius 1 is 0.600 bits per heavy atom. The van der Waals surface area contributed by atoms with Crippen LogP contribution in [0.15, 0.2) is 72.8 Å². The highest BCUT2D eigenvalue weighted by Gasteiger charge is 2.36. The van der Waals surface area contributed by atoms with Gasteiger partial charge in [0.05, 0.1) is 5.56 Å². The van der Waals surface area contributed by atoms with Gasteiger partial charge in [-0.2, -0.15) is 13.2 Å². The third-order valence-corrected chi connectivity index (χ3v) is 7.00. The quantitative estimate of drug-likeness (QED) is 0.573. The molecule has 0 radical (unpaired) electrons. The Bertz CT molecular complexity index is 839. The Kier molecular flexibility index (Phi) is 4.96. The Morgan fingerprint density at radius 3 is 1.44 bits per heavy atom. The van der Waals surface area contributed by atoms with Crippen LogP contribution in [0, 0.1) is 13.8 Å². The van der Waals surface area contributed by atoms with E-state index in [-0.39, 0.29) is 0 Å². The molecule has 3 aromatic carbocycles. The van der Waals surface area contributed by atoms with E-state index in [4.69, 9.17) is 0 Å². The average molecular weight is 358 g/mol. The Morgan fingerprint density at radius 2 is 1.00 bits per heavy atom. The van der Waals surface area contributed by atoms with Crippen LogP contribution in [-0.4, -0.2) is 0 Å². The molecule has 0 heterocycles. The van der Waals surface area contributed by atoms with Crippen molar-refractivity contribution in [3.63, 3.8) is 0 Å². The number of rotatable bonds is 3. The first kappa shape index (κ1) is 17.7. The van der Waals surface area contributed by atoms with E-state index >= 15 is 0 Å². The van der Waals surface area contributed by atoms with Gasteiger partial charge < -0.3 is 0 Å². The average Bonchev–Trinajstić information content (AvgIpc) is 2.58. The lowest BCUT2D eigenvalue weighted by molar-refractivity contribution is -0.136. The molecule has 0 nitrogen and oxygen atoms in total. The highest BCUT2D eigenvalue weighted by Crippen LogP contribution is 2.40. The van der Waals surface area contributed by atoms with Gasteiger partial charge in [0, 0.05) is 0 Å². The summed E-state index contributed by atoms with van der Waals surface area (Å²) in [5.74, 6) is 0. The molecule has 0 spiro atoms. The predicted molar refractivity (Wildman–Crippen MR) is 99.6 cm³/mol. The van der Waals surface area contributed by atoms with Crippen molar-refractivity contribution in [3.8, 4) is 0 Å². The molecule has 25 heavy (non-hydrogen) atoms. The summed E-state index contributed by atoms with van der Waals surface area (Å²) in [6.07, 6.45) is -4.37. The minimum absolute atomic E-state index is 0.355. The van der Waals surface area contributed by atoms with Crippen molar-refractivity contribution in [1.29, 1.82) is 0 Å². The molecule has 0 bridgehead atoms. The molecular weight excluding hydrogens is 340 g/mol. The zero-order chi connectivity index (χ0) is 18.0. The molecule has 0 aliphatic carbocycles. The van der Waals surface area contributed by atoms with E-state index in [1.165, 1.54) is 12.1 Å². The van der Waals surface area contributed by atoms with Gasteiger partial charge in [-0.05, 0) is 54.9 Å². The van der Waals surface area contributed by atoms with E-state index in [1.807, 2.05) is 62.4 Å². The number of halogens is 3. The van der Waals surface area contributed by atoms with E-state index in [1.54, 1.807) is 12.1 Å². The van der Waals surface area contributed by atoms with Crippen molar-refractivity contribution in [2.24, 2.45) is 0 Å².